The van der Waals surface area contributed by atoms with Gasteiger partial charge in [-0.1, -0.05) is 11.6 Å². The van der Waals surface area contributed by atoms with Gasteiger partial charge in [-0.15, -0.1) is 0 Å². The van der Waals surface area contributed by atoms with Gasteiger partial charge in [-0.25, -0.2) is 0 Å². The Labute approximate surface area is 159 Å². The molecule has 1 fully saturated rings. The number of hydrogen-bond acceptors (Lipinski definition) is 4. The molecule has 0 aliphatic carbocycles. The van der Waals surface area contributed by atoms with Crippen molar-refractivity contribution in [3.8, 4) is 0 Å². The Morgan fingerprint density at radius 2 is 2.00 bits per heavy atom. The lowest BCUT2D eigenvalue weighted by molar-refractivity contribution is -0.119. The Morgan fingerprint density at radius 1 is 1.22 bits per heavy atom. The molecule has 1 aliphatic rings. The van der Waals surface area contributed by atoms with Crippen molar-refractivity contribution in [3.63, 3.8) is 0 Å². The second kappa shape index (κ2) is 7.02. The van der Waals surface area contributed by atoms with E-state index in [2.05, 4.69) is 15.5 Å². The monoisotopic (exact) mass is 384 g/mol. The van der Waals surface area contributed by atoms with Crippen LogP contribution in [0.15, 0.2) is 48.7 Å². The average Bonchev–Trinajstić information content (AvgIpc) is 3.27. The number of amides is 2. The number of β-amino-alcohol motifs (C(OH)–C–C–N with tert-alkyl or cyclic N) is 1. The Balaban J connectivity index is 1.53. The number of fused-ring (bicyclic) bond motifs is 1. The van der Waals surface area contributed by atoms with Crippen LogP contribution in [0.2, 0.25) is 5.02 Å². The predicted octanol–water partition coefficient (Wildman–Crippen LogP) is 2.43. The molecule has 27 heavy (non-hydrogen) atoms. The molecule has 2 atom stereocenters. The van der Waals surface area contributed by atoms with Gasteiger partial charge in [-0.2, -0.15) is 5.10 Å². The molecule has 3 N–H and O–H groups in total. The molecule has 0 saturated carbocycles. The average molecular weight is 385 g/mol. The van der Waals surface area contributed by atoms with Crippen molar-refractivity contribution in [1.82, 2.24) is 15.1 Å². The summed E-state index contributed by atoms with van der Waals surface area (Å²) < 4.78 is 0. The minimum Gasteiger partial charge on any atom is -0.391 e. The van der Waals surface area contributed by atoms with E-state index in [0.717, 1.165) is 10.9 Å². The largest absolute Gasteiger partial charge is 0.391 e. The van der Waals surface area contributed by atoms with Crippen LogP contribution in [0, 0.1) is 0 Å². The number of benzene rings is 2. The van der Waals surface area contributed by atoms with Crippen LogP contribution in [0.3, 0.4) is 0 Å². The van der Waals surface area contributed by atoms with Crippen molar-refractivity contribution in [2.45, 2.75) is 18.6 Å². The maximum atomic E-state index is 12.8. The number of nitrogens with zero attached hydrogens (tertiary/aromatic N) is 2. The minimum atomic E-state index is -0.747. The molecule has 1 saturated heterocycles. The summed E-state index contributed by atoms with van der Waals surface area (Å²) in [5.41, 5.74) is 1.89. The van der Waals surface area contributed by atoms with Gasteiger partial charge in [0, 0.05) is 34.6 Å². The first-order chi connectivity index (χ1) is 13.0. The lowest BCUT2D eigenvalue weighted by atomic mass is 10.1. The first-order valence-electron chi connectivity index (χ1n) is 8.50. The molecule has 8 heteroatoms. The fourth-order valence-electron chi connectivity index (χ4n) is 3.29. The molecule has 0 radical (unpaired) electrons. The molecule has 2 amide bonds. The Morgan fingerprint density at radius 3 is 2.78 bits per heavy atom. The van der Waals surface area contributed by atoms with Crippen LogP contribution in [0.4, 0.5) is 5.69 Å². The van der Waals surface area contributed by atoms with Crippen LogP contribution in [0.25, 0.3) is 10.9 Å². The number of halogens is 1. The van der Waals surface area contributed by atoms with Gasteiger partial charge in [0.05, 0.1) is 17.8 Å². The summed E-state index contributed by atoms with van der Waals surface area (Å²) in [5.74, 6) is -0.648. The van der Waals surface area contributed by atoms with Crippen LogP contribution < -0.4 is 5.32 Å². The highest BCUT2D eigenvalue weighted by Crippen LogP contribution is 2.24. The molecule has 0 spiro atoms. The van der Waals surface area contributed by atoms with Crippen LogP contribution >= 0.6 is 11.6 Å². The van der Waals surface area contributed by atoms with Gasteiger partial charge < -0.3 is 15.3 Å². The third-order valence-electron chi connectivity index (χ3n) is 4.64. The summed E-state index contributed by atoms with van der Waals surface area (Å²) in [6.07, 6.45) is 1.12. The number of carbonyl (C=O) groups excluding carboxylic acids is 2. The SMILES string of the molecule is O=C(Nc1ccc2[nH]ncc2c1)[C@@H]1C[C@H](O)CN1C(=O)c1ccc(Cl)cc1. The second-order valence-corrected chi connectivity index (χ2v) is 6.97. The molecular formula is C19H17ClN4O3. The van der Waals surface area contributed by atoms with E-state index < -0.39 is 12.1 Å². The van der Waals surface area contributed by atoms with E-state index in [1.54, 1.807) is 42.6 Å². The number of nitrogens with one attached hydrogen (secondary N) is 2. The zero-order valence-electron chi connectivity index (χ0n) is 14.2. The zero-order valence-corrected chi connectivity index (χ0v) is 15.0. The summed E-state index contributed by atoms with van der Waals surface area (Å²) in [6, 6.07) is 11.1. The van der Waals surface area contributed by atoms with Crippen molar-refractivity contribution >= 4 is 40.0 Å². The molecule has 0 bridgehead atoms. The number of aliphatic hydroxyl groups is 1. The number of aromatic nitrogens is 2. The number of aromatic amines is 1. The molecule has 4 rings (SSSR count). The van der Waals surface area contributed by atoms with E-state index >= 15 is 0 Å². The molecule has 138 valence electrons. The number of rotatable bonds is 3. The predicted molar refractivity (Wildman–Crippen MR) is 102 cm³/mol. The van der Waals surface area contributed by atoms with Crippen molar-refractivity contribution in [1.29, 1.82) is 0 Å². The normalized spacial score (nSPS) is 19.4. The smallest absolute Gasteiger partial charge is 0.254 e. The molecule has 1 aliphatic heterocycles. The number of aliphatic hydroxyl groups excluding tert-OH is 1. The summed E-state index contributed by atoms with van der Waals surface area (Å²) >= 11 is 5.87. The van der Waals surface area contributed by atoms with Gasteiger partial charge in [0.25, 0.3) is 5.91 Å². The van der Waals surface area contributed by atoms with Crippen LogP contribution in [-0.4, -0.2) is 50.7 Å². The fraction of sp³-hybridized carbons (Fsp3) is 0.211. The van der Waals surface area contributed by atoms with Gasteiger partial charge >= 0.3 is 0 Å². The molecule has 2 heterocycles. The van der Waals surface area contributed by atoms with Gasteiger partial charge in [-0.3, -0.25) is 14.7 Å². The van der Waals surface area contributed by atoms with Gasteiger partial charge in [0.15, 0.2) is 0 Å². The number of likely N-dealkylation sites (tertiary alicyclic amines) is 1. The highest BCUT2D eigenvalue weighted by Gasteiger charge is 2.39. The third kappa shape index (κ3) is 3.51. The number of H-pyrrole nitrogens is 1. The van der Waals surface area contributed by atoms with E-state index in [4.69, 9.17) is 11.6 Å². The maximum Gasteiger partial charge on any atom is 0.254 e. The third-order valence-corrected chi connectivity index (χ3v) is 4.89. The molecule has 3 aromatic rings. The standard InChI is InChI=1S/C19H17ClN4O3/c20-13-3-1-11(2-4-13)19(27)24-10-15(25)8-17(24)18(26)22-14-5-6-16-12(7-14)9-21-23-16/h1-7,9,15,17,25H,8,10H2,(H,21,23)(H,22,26)/t15-,17-/m0/s1. The van der Waals surface area contributed by atoms with Crippen molar-refractivity contribution in [2.75, 3.05) is 11.9 Å². The molecule has 1 aromatic heterocycles. The van der Waals surface area contributed by atoms with Gasteiger partial charge in [-0.05, 0) is 42.5 Å². The van der Waals surface area contributed by atoms with E-state index in [0.29, 0.717) is 16.3 Å². The lowest BCUT2D eigenvalue weighted by Gasteiger charge is -2.23. The topological polar surface area (TPSA) is 98.3 Å². The second-order valence-electron chi connectivity index (χ2n) is 6.53. The Kier molecular flexibility index (Phi) is 4.55. The molecule has 2 aromatic carbocycles. The lowest BCUT2D eigenvalue weighted by Crippen LogP contribution is -2.43. The van der Waals surface area contributed by atoms with E-state index in [1.807, 2.05) is 6.07 Å². The first kappa shape index (κ1) is 17.5. The highest BCUT2D eigenvalue weighted by molar-refractivity contribution is 6.30. The highest BCUT2D eigenvalue weighted by atomic mass is 35.5. The fourth-order valence-corrected chi connectivity index (χ4v) is 3.42. The van der Waals surface area contributed by atoms with Gasteiger partial charge in [0.2, 0.25) is 5.91 Å². The Bertz CT molecular complexity index is 1000. The van der Waals surface area contributed by atoms with Crippen molar-refractivity contribution < 1.29 is 14.7 Å². The molecule has 0 unspecified atom stereocenters. The van der Waals surface area contributed by atoms with Crippen LogP contribution in [0.1, 0.15) is 16.8 Å². The number of carbonyl (C=O) groups is 2. The van der Waals surface area contributed by atoms with Gasteiger partial charge in [0.1, 0.15) is 6.04 Å². The Hall–Kier alpha value is -2.90. The quantitative estimate of drug-likeness (QED) is 0.646. The summed E-state index contributed by atoms with van der Waals surface area (Å²) in [6.45, 7) is 0.111. The minimum absolute atomic E-state index is 0.111. The zero-order chi connectivity index (χ0) is 19.0. The van der Waals surface area contributed by atoms with Crippen LogP contribution in [-0.2, 0) is 4.79 Å². The maximum absolute atomic E-state index is 12.8. The number of hydrogen-bond donors (Lipinski definition) is 3. The van der Waals surface area contributed by atoms with Crippen molar-refractivity contribution in [3.05, 3.63) is 59.2 Å². The summed E-state index contributed by atoms with van der Waals surface area (Å²) in [4.78, 5) is 27.0. The summed E-state index contributed by atoms with van der Waals surface area (Å²) in [5, 5.41) is 21.0. The van der Waals surface area contributed by atoms with E-state index in [9.17, 15) is 14.7 Å². The van der Waals surface area contributed by atoms with E-state index in [-0.39, 0.29) is 24.8 Å². The summed E-state index contributed by atoms with van der Waals surface area (Å²) in [7, 11) is 0. The van der Waals surface area contributed by atoms with Crippen LogP contribution in [0.5, 0.6) is 0 Å². The van der Waals surface area contributed by atoms with Crippen molar-refractivity contribution in [2.24, 2.45) is 0 Å². The first-order valence-corrected chi connectivity index (χ1v) is 8.87. The van der Waals surface area contributed by atoms with E-state index in [1.165, 1.54) is 4.90 Å². The molecular weight excluding hydrogens is 368 g/mol. The number of anilines is 1. The molecule has 7 nitrogen and oxygen atoms in total.